The maximum Gasteiger partial charge on any atom is 0.435 e. The number of aromatic hydroxyl groups is 1. The Hall–Kier alpha value is -6.14. The number of phenols is 1. The maximum absolute atomic E-state index is 13.7. The normalized spacial score (nSPS) is 18.8. The first kappa shape index (κ1) is 45.9. The van der Waals surface area contributed by atoms with Gasteiger partial charge in [0.05, 0.1) is 31.7 Å². The Morgan fingerprint density at radius 3 is 2.55 bits per heavy atom. The van der Waals surface area contributed by atoms with Crippen LogP contribution in [0.1, 0.15) is 42.3 Å². The molecule has 64 heavy (non-hydrogen) atoms. The number of carboxylic acid groups (broad SMARTS) is 1. The summed E-state index contributed by atoms with van der Waals surface area (Å²) >= 11 is 5.46. The van der Waals surface area contributed by atoms with E-state index in [1.807, 2.05) is 0 Å². The van der Waals surface area contributed by atoms with Gasteiger partial charge in [0.2, 0.25) is 5.91 Å². The monoisotopic (exact) mass is 921 g/mol. The number of aromatic nitrogens is 4. The van der Waals surface area contributed by atoms with Gasteiger partial charge in [0.1, 0.15) is 53.3 Å². The van der Waals surface area contributed by atoms with Gasteiger partial charge < -0.3 is 56.8 Å². The van der Waals surface area contributed by atoms with Crippen molar-refractivity contribution >= 4 is 70.6 Å². The number of anilines is 2. The number of nitrogens with one attached hydrogen (secondary N) is 3. The van der Waals surface area contributed by atoms with Gasteiger partial charge in [-0.1, -0.05) is 18.9 Å². The number of ether oxygens (including phenoxy) is 1. The Morgan fingerprint density at radius 1 is 0.984 bits per heavy atom. The molecular weight excluding hydrogens is 878 g/mol. The van der Waals surface area contributed by atoms with E-state index in [1.165, 1.54) is 47.6 Å². The third-order valence-electron chi connectivity index (χ3n) is 10.3. The van der Waals surface area contributed by atoms with Crippen molar-refractivity contribution in [2.24, 2.45) is 5.73 Å². The summed E-state index contributed by atoms with van der Waals surface area (Å²) in [5, 5.41) is 60.2. The minimum absolute atomic E-state index is 0.0487. The first-order chi connectivity index (χ1) is 30.7. The van der Waals surface area contributed by atoms with Crippen LogP contribution >= 0.6 is 20.0 Å². The van der Waals surface area contributed by atoms with Gasteiger partial charge in [-0.15, -0.1) is 0 Å². The number of nitrogen functional groups attached to an aromatic ring is 1. The largest absolute Gasteiger partial charge is 0.508 e. The fraction of sp³-hybridized carbons (Fsp3) is 0.325. The first-order valence-electron chi connectivity index (χ1n) is 19.8. The van der Waals surface area contributed by atoms with Gasteiger partial charge in [-0.2, -0.15) is 0 Å². The molecular formula is C40H44N9O13PS. The number of aromatic carboxylic acids is 1. The zero-order valence-corrected chi connectivity index (χ0v) is 35.4. The average molecular weight is 922 g/mol. The van der Waals surface area contributed by atoms with Crippen LogP contribution in [0.25, 0.3) is 44.6 Å². The number of fused-ring (bicyclic) bond motifs is 3. The molecule has 4 aromatic rings. The van der Waals surface area contributed by atoms with Crippen molar-refractivity contribution in [2.75, 3.05) is 37.4 Å². The molecule has 2 aliphatic heterocycles. The zero-order valence-electron chi connectivity index (χ0n) is 33.7. The summed E-state index contributed by atoms with van der Waals surface area (Å²) in [5.74, 6) is -1.96. The first-order valence-corrected chi connectivity index (χ1v) is 21.8. The van der Waals surface area contributed by atoms with Crippen molar-refractivity contribution in [3.05, 3.63) is 83.0 Å². The van der Waals surface area contributed by atoms with E-state index in [9.17, 15) is 44.5 Å². The highest BCUT2D eigenvalue weighted by molar-refractivity contribution is 7.80. The van der Waals surface area contributed by atoms with Crippen LogP contribution in [0.5, 0.6) is 5.75 Å². The fourth-order valence-electron chi connectivity index (χ4n) is 7.04. The molecule has 7 rings (SSSR count). The molecule has 0 bridgehead atoms. The highest BCUT2D eigenvalue weighted by atomic mass is 32.1. The SMILES string of the molecule is Nc1ncnc2c1ncn2[C@@H]1O[C@H](COP(=O)(NC(=O)[C@@H](N)CO)OCCCCCCNC(=S)Nc2ccc(-c3c4ccc(=O)cc-4oc4cc(O)ccc34)c(C(=O)O)c2)[C@@H](O)[C@H]1O. The van der Waals surface area contributed by atoms with Crippen LogP contribution < -0.4 is 32.6 Å². The van der Waals surface area contributed by atoms with E-state index in [4.69, 9.17) is 41.9 Å². The Kier molecular flexibility index (Phi) is 14.1. The third kappa shape index (κ3) is 10.1. The molecule has 12 N–H and O–H groups in total. The second-order valence-corrected chi connectivity index (χ2v) is 16.8. The van der Waals surface area contributed by atoms with E-state index in [0.29, 0.717) is 60.0 Å². The van der Waals surface area contributed by atoms with Crippen LogP contribution in [-0.2, 0) is 23.1 Å². The minimum Gasteiger partial charge on any atom is -0.508 e. The van der Waals surface area contributed by atoms with Crippen LogP contribution in [0.2, 0.25) is 0 Å². The zero-order chi connectivity index (χ0) is 45.7. The number of hydrogen-bond donors (Lipinski definition) is 10. The lowest BCUT2D eigenvalue weighted by atomic mass is 9.90. The Balaban J connectivity index is 0.897. The number of phenolic OH excluding ortho intramolecular Hbond substituents is 1. The van der Waals surface area contributed by atoms with Crippen molar-refractivity contribution in [2.45, 2.75) is 56.3 Å². The summed E-state index contributed by atoms with van der Waals surface area (Å²) in [6, 6.07) is 12.0. The lowest BCUT2D eigenvalue weighted by Gasteiger charge is -2.23. The summed E-state index contributed by atoms with van der Waals surface area (Å²) < 4.78 is 37.8. The third-order valence-corrected chi connectivity index (χ3v) is 12.0. The van der Waals surface area contributed by atoms with Crippen LogP contribution in [0.15, 0.2) is 76.5 Å². The molecule has 338 valence electrons. The molecule has 2 aromatic heterocycles. The molecule has 2 aromatic carbocycles. The standard InChI is InChI=1S/C40H44N9O13PS/c41-27(16-50)37(55)48-63(58,60-17-30-33(53)34(54)38(62-30)49-19-46-32-35(42)44-18-45-36(32)49)59-12-4-2-1-3-11-43-40(64)47-20-5-8-23(26(13-20)39(56)57)31-24-9-6-21(51)14-28(24)61-29-15-22(52)7-10-25(29)31/h5-10,13-15,18-19,27,30,33-34,38,50-51,53-54H,1-4,11-12,16-17,41H2,(H,56,57)(H2,42,44,45)(H2,43,47,64)(H,48,55,58)/t27-,30+,33+,34+,38+,63?/m0/s1. The molecule has 1 aliphatic carbocycles. The smallest absolute Gasteiger partial charge is 0.435 e. The minimum atomic E-state index is -4.45. The van der Waals surface area contributed by atoms with Gasteiger partial charge in [-0.25, -0.2) is 24.3 Å². The average Bonchev–Trinajstić information content (AvgIpc) is 3.82. The number of imidazole rings is 1. The molecule has 24 heteroatoms. The van der Waals surface area contributed by atoms with E-state index in [-0.39, 0.29) is 56.8 Å². The number of benzene rings is 3. The summed E-state index contributed by atoms with van der Waals surface area (Å²) in [6.07, 6.45) is -0.679. The highest BCUT2D eigenvalue weighted by Gasteiger charge is 2.46. The van der Waals surface area contributed by atoms with Crippen molar-refractivity contribution in [3.63, 3.8) is 0 Å². The molecule has 1 fully saturated rings. The van der Waals surface area contributed by atoms with Crippen molar-refractivity contribution in [3.8, 4) is 28.2 Å². The van der Waals surface area contributed by atoms with E-state index in [1.54, 1.807) is 24.3 Å². The topological polar surface area (TPSA) is 342 Å². The molecule has 1 saturated heterocycles. The van der Waals surface area contributed by atoms with Gasteiger partial charge in [-0.3, -0.25) is 28.3 Å². The van der Waals surface area contributed by atoms with E-state index >= 15 is 0 Å². The molecule has 1 amide bonds. The van der Waals surface area contributed by atoms with Gasteiger partial charge in [0.25, 0.3) is 0 Å². The number of carboxylic acids is 1. The number of thiocarbonyl (C=S) groups is 1. The Labute approximate surface area is 368 Å². The maximum atomic E-state index is 13.7. The predicted molar refractivity (Wildman–Crippen MR) is 234 cm³/mol. The van der Waals surface area contributed by atoms with Crippen molar-refractivity contribution in [1.82, 2.24) is 29.9 Å². The molecule has 0 spiro atoms. The molecule has 0 radical (unpaired) electrons. The van der Waals surface area contributed by atoms with Crippen molar-refractivity contribution in [1.29, 1.82) is 0 Å². The molecule has 4 heterocycles. The van der Waals surface area contributed by atoms with Crippen LogP contribution in [0.3, 0.4) is 0 Å². The van der Waals surface area contributed by atoms with E-state index in [2.05, 4.69) is 30.7 Å². The number of nitrogens with zero attached hydrogens (tertiary/aromatic N) is 4. The summed E-state index contributed by atoms with van der Waals surface area (Å²) in [7, 11) is -4.45. The van der Waals surface area contributed by atoms with Crippen LogP contribution in [0.4, 0.5) is 11.5 Å². The number of amides is 1. The molecule has 1 unspecified atom stereocenters. The number of nitrogens with two attached hydrogens (primary N) is 2. The number of unbranched alkanes of at least 4 members (excludes halogenated alkanes) is 3. The lowest BCUT2D eigenvalue weighted by Crippen LogP contribution is -2.42. The highest BCUT2D eigenvalue weighted by Crippen LogP contribution is 2.46. The molecule has 6 atom stereocenters. The number of aliphatic hydroxyl groups excluding tert-OH is 3. The number of hydrogen-bond acceptors (Lipinski definition) is 18. The van der Waals surface area contributed by atoms with Crippen LogP contribution in [0, 0.1) is 0 Å². The second-order valence-electron chi connectivity index (χ2n) is 14.7. The van der Waals surface area contributed by atoms with Crippen molar-refractivity contribution < 1.29 is 57.9 Å². The summed E-state index contributed by atoms with van der Waals surface area (Å²) in [5.41, 5.74) is 13.6. The number of rotatable bonds is 18. The Bertz CT molecular complexity index is 2770. The predicted octanol–water partition coefficient (Wildman–Crippen LogP) is 2.43. The van der Waals surface area contributed by atoms with E-state index in [0.717, 1.165) is 0 Å². The molecule has 22 nitrogen and oxygen atoms in total. The number of carbonyl (C=O) groups excluding carboxylic acids is 1. The Morgan fingerprint density at radius 2 is 1.77 bits per heavy atom. The van der Waals surface area contributed by atoms with E-state index < -0.39 is 63.4 Å². The van der Waals surface area contributed by atoms with Gasteiger partial charge in [-0.05, 0) is 67.0 Å². The molecule has 0 saturated carbocycles. The number of carbonyl (C=O) groups is 2. The summed E-state index contributed by atoms with van der Waals surface area (Å²) in [6.45, 7) is -1.03. The quantitative estimate of drug-likeness (QED) is 0.0256. The van der Waals surface area contributed by atoms with Crippen LogP contribution in [-0.4, -0.2) is 113 Å². The summed E-state index contributed by atoms with van der Waals surface area (Å²) in [4.78, 5) is 49.4. The second kappa shape index (κ2) is 19.7. The van der Waals surface area contributed by atoms with Gasteiger partial charge in [0, 0.05) is 40.9 Å². The van der Waals surface area contributed by atoms with Gasteiger partial charge >= 0.3 is 13.7 Å². The fourth-order valence-corrected chi connectivity index (χ4v) is 8.61. The van der Waals surface area contributed by atoms with Gasteiger partial charge in [0.15, 0.2) is 28.2 Å². The number of aliphatic hydroxyl groups is 3. The molecule has 3 aliphatic rings. The lowest BCUT2D eigenvalue weighted by molar-refractivity contribution is -0.122.